The van der Waals surface area contributed by atoms with E-state index in [-0.39, 0.29) is 12.5 Å². The van der Waals surface area contributed by atoms with Crippen molar-refractivity contribution in [3.63, 3.8) is 0 Å². The van der Waals surface area contributed by atoms with Crippen LogP contribution >= 0.6 is 23.2 Å². The largest absolute Gasteiger partial charge is 0.481 e. The highest BCUT2D eigenvalue weighted by Gasteiger charge is 2.40. The summed E-state index contributed by atoms with van der Waals surface area (Å²) in [5.74, 6) is -1.07. The van der Waals surface area contributed by atoms with Crippen molar-refractivity contribution >= 4 is 40.8 Å². The van der Waals surface area contributed by atoms with E-state index in [1.54, 1.807) is 25.1 Å². The van der Waals surface area contributed by atoms with Gasteiger partial charge in [0.2, 0.25) is 5.91 Å². The Morgan fingerprint density at radius 2 is 2.14 bits per heavy atom. The quantitative estimate of drug-likeness (QED) is 0.890. The van der Waals surface area contributed by atoms with Gasteiger partial charge in [-0.1, -0.05) is 29.3 Å². The highest BCUT2D eigenvalue weighted by atomic mass is 35.5. The Morgan fingerprint density at radius 1 is 1.43 bits per heavy atom. The van der Waals surface area contributed by atoms with Gasteiger partial charge in [0, 0.05) is 6.54 Å². The standard InChI is InChI=1S/C14H16Cl2N2O3/c1-14(13(20)21)5-6-18(8-14)7-11(19)17-10-4-2-3-9(15)12(10)16/h2-4H,5-8H2,1H3,(H,17,19)(H,20,21). The predicted molar refractivity (Wildman–Crippen MR) is 81.9 cm³/mol. The lowest BCUT2D eigenvalue weighted by atomic mass is 9.90. The lowest BCUT2D eigenvalue weighted by Crippen LogP contribution is -2.35. The van der Waals surface area contributed by atoms with Gasteiger partial charge in [0.1, 0.15) is 0 Å². The number of carboxylic acids is 1. The molecule has 0 aromatic heterocycles. The van der Waals surface area contributed by atoms with E-state index in [1.807, 2.05) is 4.90 Å². The molecule has 2 rings (SSSR count). The summed E-state index contributed by atoms with van der Waals surface area (Å²) in [7, 11) is 0. The highest BCUT2D eigenvalue weighted by molar-refractivity contribution is 6.43. The van der Waals surface area contributed by atoms with E-state index < -0.39 is 11.4 Å². The summed E-state index contributed by atoms with van der Waals surface area (Å²) in [5.41, 5.74) is -0.331. The van der Waals surface area contributed by atoms with Crippen LogP contribution in [-0.2, 0) is 9.59 Å². The van der Waals surface area contributed by atoms with Gasteiger partial charge in [0.15, 0.2) is 0 Å². The van der Waals surface area contributed by atoms with Crippen LogP contribution in [-0.4, -0.2) is 41.5 Å². The number of carbonyl (C=O) groups is 2. The molecule has 1 fully saturated rings. The van der Waals surface area contributed by atoms with Crippen LogP contribution in [0, 0.1) is 5.41 Å². The third-order valence-electron chi connectivity index (χ3n) is 3.66. The maximum absolute atomic E-state index is 12.0. The van der Waals surface area contributed by atoms with Crippen LogP contribution in [0.25, 0.3) is 0 Å². The Morgan fingerprint density at radius 3 is 2.76 bits per heavy atom. The molecule has 1 atom stereocenters. The van der Waals surface area contributed by atoms with Gasteiger partial charge in [-0.25, -0.2) is 0 Å². The van der Waals surface area contributed by atoms with E-state index in [2.05, 4.69) is 5.32 Å². The highest BCUT2D eigenvalue weighted by Crippen LogP contribution is 2.31. The number of anilines is 1. The Balaban J connectivity index is 1.94. The number of aliphatic carboxylic acids is 1. The molecule has 0 bridgehead atoms. The SMILES string of the molecule is CC1(C(=O)O)CCN(CC(=O)Nc2cccc(Cl)c2Cl)C1. The van der Waals surface area contributed by atoms with Crippen LogP contribution < -0.4 is 5.32 Å². The molecule has 0 radical (unpaired) electrons. The number of amides is 1. The number of halogens is 2. The Bertz CT molecular complexity index is 579. The molecule has 7 heteroatoms. The lowest BCUT2D eigenvalue weighted by molar-refractivity contribution is -0.147. The minimum atomic E-state index is -0.830. The molecular weight excluding hydrogens is 315 g/mol. The second kappa shape index (κ2) is 6.22. The van der Waals surface area contributed by atoms with Crippen molar-refractivity contribution < 1.29 is 14.7 Å². The van der Waals surface area contributed by atoms with Gasteiger partial charge < -0.3 is 10.4 Å². The summed E-state index contributed by atoms with van der Waals surface area (Å²) in [6, 6.07) is 5.00. The Kier molecular flexibility index (Phi) is 4.76. The summed E-state index contributed by atoms with van der Waals surface area (Å²) in [6.45, 7) is 2.77. The molecule has 5 nitrogen and oxygen atoms in total. The van der Waals surface area contributed by atoms with Gasteiger partial charge in [-0.05, 0) is 32.0 Å². The number of benzene rings is 1. The predicted octanol–water partition coefficient (Wildman–Crippen LogP) is 2.73. The zero-order valence-corrected chi connectivity index (χ0v) is 13.0. The normalized spacial score (nSPS) is 22.2. The Labute approximate surface area is 132 Å². The third kappa shape index (κ3) is 3.67. The number of likely N-dealkylation sites (tertiary alicyclic amines) is 1. The molecule has 1 aliphatic heterocycles. The minimum absolute atomic E-state index is 0.131. The van der Waals surface area contributed by atoms with Crippen molar-refractivity contribution in [3.8, 4) is 0 Å². The average Bonchev–Trinajstić information content (AvgIpc) is 2.78. The number of carbonyl (C=O) groups excluding carboxylic acids is 1. The van der Waals surface area contributed by atoms with Gasteiger partial charge in [-0.2, -0.15) is 0 Å². The summed E-state index contributed by atoms with van der Waals surface area (Å²) in [5, 5.41) is 12.5. The fourth-order valence-corrected chi connectivity index (χ4v) is 2.71. The number of hydrogen-bond acceptors (Lipinski definition) is 3. The zero-order chi connectivity index (χ0) is 15.6. The number of nitrogens with one attached hydrogen (secondary N) is 1. The van der Waals surface area contributed by atoms with Gasteiger partial charge in [0.25, 0.3) is 0 Å². The molecule has 1 heterocycles. The molecule has 0 saturated carbocycles. The second-order valence-electron chi connectivity index (χ2n) is 5.48. The first-order valence-electron chi connectivity index (χ1n) is 6.51. The van der Waals surface area contributed by atoms with Gasteiger partial charge in [0.05, 0.1) is 27.7 Å². The summed E-state index contributed by atoms with van der Waals surface area (Å²) in [6.07, 6.45) is 0.535. The lowest BCUT2D eigenvalue weighted by Gasteiger charge is -2.19. The fourth-order valence-electron chi connectivity index (χ4n) is 2.36. The van der Waals surface area contributed by atoms with Gasteiger partial charge in [-0.15, -0.1) is 0 Å². The molecule has 1 amide bonds. The van der Waals surface area contributed by atoms with Crippen LogP contribution in [0.1, 0.15) is 13.3 Å². The van der Waals surface area contributed by atoms with Crippen molar-refractivity contribution in [1.82, 2.24) is 4.90 Å². The van der Waals surface area contributed by atoms with E-state index in [0.29, 0.717) is 35.2 Å². The van der Waals surface area contributed by atoms with Crippen LogP contribution in [0.3, 0.4) is 0 Å². The molecule has 1 aromatic carbocycles. The van der Waals surface area contributed by atoms with Crippen LogP contribution in [0.2, 0.25) is 10.0 Å². The molecule has 1 saturated heterocycles. The third-order valence-corrected chi connectivity index (χ3v) is 4.48. The molecule has 0 spiro atoms. The van der Waals surface area contributed by atoms with Crippen molar-refractivity contribution in [2.75, 3.05) is 25.0 Å². The number of carboxylic acid groups (broad SMARTS) is 1. The summed E-state index contributed by atoms with van der Waals surface area (Å²) in [4.78, 5) is 25.0. The second-order valence-corrected chi connectivity index (χ2v) is 6.26. The topological polar surface area (TPSA) is 69.6 Å². The minimum Gasteiger partial charge on any atom is -0.481 e. The van der Waals surface area contributed by atoms with E-state index in [0.717, 1.165) is 0 Å². The van der Waals surface area contributed by atoms with Crippen LogP contribution in [0.5, 0.6) is 0 Å². The van der Waals surface area contributed by atoms with E-state index >= 15 is 0 Å². The first-order valence-corrected chi connectivity index (χ1v) is 7.27. The summed E-state index contributed by atoms with van der Waals surface area (Å²) >= 11 is 11.9. The molecule has 1 aromatic rings. The van der Waals surface area contributed by atoms with Crippen LogP contribution in [0.15, 0.2) is 18.2 Å². The molecule has 1 unspecified atom stereocenters. The first kappa shape index (κ1) is 16.1. The van der Waals surface area contributed by atoms with Crippen molar-refractivity contribution in [2.45, 2.75) is 13.3 Å². The monoisotopic (exact) mass is 330 g/mol. The molecule has 114 valence electrons. The van der Waals surface area contributed by atoms with Crippen molar-refractivity contribution in [2.24, 2.45) is 5.41 Å². The van der Waals surface area contributed by atoms with Gasteiger partial charge >= 0.3 is 5.97 Å². The average molecular weight is 331 g/mol. The van der Waals surface area contributed by atoms with E-state index in [1.165, 1.54) is 0 Å². The number of rotatable bonds is 4. The Hall–Kier alpha value is -1.30. The molecule has 21 heavy (non-hydrogen) atoms. The van der Waals surface area contributed by atoms with Crippen molar-refractivity contribution in [1.29, 1.82) is 0 Å². The molecule has 2 N–H and O–H groups in total. The maximum Gasteiger partial charge on any atom is 0.310 e. The first-order chi connectivity index (χ1) is 9.82. The number of nitrogens with zero attached hydrogens (tertiary/aromatic N) is 1. The maximum atomic E-state index is 12.0. The van der Waals surface area contributed by atoms with E-state index in [4.69, 9.17) is 28.3 Å². The smallest absolute Gasteiger partial charge is 0.310 e. The zero-order valence-electron chi connectivity index (χ0n) is 11.5. The van der Waals surface area contributed by atoms with E-state index in [9.17, 15) is 9.59 Å². The summed E-state index contributed by atoms with van der Waals surface area (Å²) < 4.78 is 0. The molecular formula is C14H16Cl2N2O3. The van der Waals surface area contributed by atoms with Crippen LogP contribution in [0.4, 0.5) is 5.69 Å². The fraction of sp³-hybridized carbons (Fsp3) is 0.429. The molecule has 0 aliphatic carbocycles. The molecule has 1 aliphatic rings. The van der Waals surface area contributed by atoms with Gasteiger partial charge in [-0.3, -0.25) is 14.5 Å². The van der Waals surface area contributed by atoms with Crippen molar-refractivity contribution in [3.05, 3.63) is 28.2 Å². The number of hydrogen-bond donors (Lipinski definition) is 2.